The minimum Gasteiger partial charge on any atom is -0.460 e. The number of nitrogens with two attached hydrogens (primary N) is 1. The van der Waals surface area contributed by atoms with Gasteiger partial charge in [0.15, 0.2) is 11.6 Å². The standard InChI is InChI=1S/C42H70N4O11/c1-11-16-27(36(51)31(47)21-22-33(49)44-29(37(43)52)19-15-20-34(50)56-41(5,6)7)23-32(48)30-24-28(55-40(2,3)4)25-46(30)38(53)35(26-17-13-12-14-18-26)45-39(54)57-42(8,9)10/h26-30,35H,11-25H2,1-10H3,(H2,43,52)(H,44,49)(H,45,54)/t27?,28-,29+,30+,35+/m1/s1. The van der Waals surface area contributed by atoms with Gasteiger partial charge in [0, 0.05) is 44.6 Å². The first-order valence-electron chi connectivity index (χ1n) is 20.7. The Hall–Kier alpha value is -3.88. The molecule has 57 heavy (non-hydrogen) atoms. The summed E-state index contributed by atoms with van der Waals surface area (Å²) in [6, 6.07) is -2.97. The molecule has 0 spiro atoms. The number of hydrogen-bond donors (Lipinski definition) is 3. The van der Waals surface area contributed by atoms with E-state index in [1.54, 1.807) is 41.5 Å². The highest BCUT2D eigenvalue weighted by Crippen LogP contribution is 2.32. The van der Waals surface area contributed by atoms with E-state index in [1.807, 2.05) is 27.7 Å². The largest absolute Gasteiger partial charge is 0.460 e. The van der Waals surface area contributed by atoms with E-state index in [1.165, 1.54) is 4.90 Å². The number of Topliss-reactive ketones (excluding diaryl/α,β-unsaturated/α-hetero) is 3. The third-order valence-electron chi connectivity index (χ3n) is 9.78. The minimum atomic E-state index is -1.09. The van der Waals surface area contributed by atoms with E-state index in [4.69, 9.17) is 19.9 Å². The van der Waals surface area contributed by atoms with Gasteiger partial charge in [-0.3, -0.25) is 33.6 Å². The number of ether oxygens (including phenoxy) is 3. The lowest BCUT2D eigenvalue weighted by Crippen LogP contribution is -2.55. The first kappa shape index (κ1) is 49.3. The van der Waals surface area contributed by atoms with Crippen LogP contribution in [0.2, 0.25) is 0 Å². The monoisotopic (exact) mass is 807 g/mol. The molecule has 2 aliphatic rings. The number of nitrogens with zero attached hydrogens (tertiary/aromatic N) is 1. The van der Waals surface area contributed by atoms with Gasteiger partial charge >= 0.3 is 12.1 Å². The molecule has 1 saturated heterocycles. The molecule has 1 aliphatic heterocycles. The number of likely N-dealkylation sites (tertiary alicyclic amines) is 1. The minimum absolute atomic E-state index is 0.0164. The van der Waals surface area contributed by atoms with Crippen molar-refractivity contribution in [3.63, 3.8) is 0 Å². The molecule has 0 aromatic heterocycles. The fraction of sp³-hybridized carbons (Fsp3) is 0.810. The Bertz CT molecular complexity index is 1440. The number of rotatable bonds is 20. The molecule has 15 nitrogen and oxygen atoms in total. The molecule has 5 atom stereocenters. The molecule has 15 heteroatoms. The molecule has 0 bridgehead atoms. The third kappa shape index (κ3) is 18.1. The maximum absolute atomic E-state index is 14.5. The van der Waals surface area contributed by atoms with E-state index in [9.17, 15) is 38.4 Å². The Kier molecular flexibility index (Phi) is 18.8. The lowest BCUT2D eigenvalue weighted by molar-refractivity contribution is -0.155. The average Bonchev–Trinajstić information content (AvgIpc) is 3.49. The van der Waals surface area contributed by atoms with Crippen molar-refractivity contribution in [1.82, 2.24) is 15.5 Å². The second kappa shape index (κ2) is 21.8. The molecule has 4 amide bonds. The lowest BCUT2D eigenvalue weighted by atomic mass is 9.83. The highest BCUT2D eigenvalue weighted by molar-refractivity contribution is 6.38. The summed E-state index contributed by atoms with van der Waals surface area (Å²) in [7, 11) is 0. The third-order valence-corrected chi connectivity index (χ3v) is 9.78. The number of nitrogens with one attached hydrogen (secondary N) is 2. The van der Waals surface area contributed by atoms with Crippen LogP contribution in [0.1, 0.15) is 159 Å². The van der Waals surface area contributed by atoms with E-state index in [2.05, 4.69) is 10.6 Å². The van der Waals surface area contributed by atoms with Gasteiger partial charge in [0.1, 0.15) is 23.3 Å². The summed E-state index contributed by atoms with van der Waals surface area (Å²) in [5.41, 5.74) is 3.43. The maximum atomic E-state index is 14.5. The zero-order valence-corrected chi connectivity index (χ0v) is 36.1. The molecule has 0 radical (unpaired) electrons. The van der Waals surface area contributed by atoms with Crippen LogP contribution in [0.15, 0.2) is 0 Å². The van der Waals surface area contributed by atoms with Gasteiger partial charge < -0.3 is 35.5 Å². The van der Waals surface area contributed by atoms with Crippen molar-refractivity contribution in [3.05, 3.63) is 0 Å². The normalized spacial score (nSPS) is 19.5. The first-order valence-corrected chi connectivity index (χ1v) is 20.7. The number of carbonyl (C=O) groups is 8. The molecule has 0 aromatic carbocycles. The average molecular weight is 807 g/mol. The zero-order valence-electron chi connectivity index (χ0n) is 36.1. The quantitative estimate of drug-likeness (QED) is 0.110. The SMILES string of the molecule is CCCC(CC(=O)[C@@H]1C[C@@H](OC(C)(C)C)CN1C(=O)[C@@H](NC(=O)OC(C)(C)C)C1CCCCC1)C(=O)C(=O)CCC(=O)N[C@@H](CCCC(=O)OC(C)(C)C)C(N)=O. The molecule has 4 N–H and O–H groups in total. The predicted octanol–water partition coefficient (Wildman–Crippen LogP) is 5.02. The summed E-state index contributed by atoms with van der Waals surface area (Å²) in [6.45, 7) is 18.0. The Morgan fingerprint density at radius 2 is 1.39 bits per heavy atom. The molecular formula is C42H70N4O11. The van der Waals surface area contributed by atoms with Crippen molar-refractivity contribution in [2.24, 2.45) is 17.6 Å². The molecule has 2 fully saturated rings. The molecule has 2 rings (SSSR count). The van der Waals surface area contributed by atoms with Gasteiger partial charge in [0.05, 0.1) is 17.7 Å². The Labute approximate surface area is 339 Å². The number of esters is 1. The van der Waals surface area contributed by atoms with Crippen molar-refractivity contribution in [1.29, 1.82) is 0 Å². The Balaban J connectivity index is 2.18. The van der Waals surface area contributed by atoms with Gasteiger partial charge in [0.2, 0.25) is 23.5 Å². The van der Waals surface area contributed by atoms with Crippen LogP contribution >= 0.6 is 0 Å². The van der Waals surface area contributed by atoms with Crippen LogP contribution in [0.3, 0.4) is 0 Å². The predicted molar refractivity (Wildman–Crippen MR) is 213 cm³/mol. The smallest absolute Gasteiger partial charge is 0.408 e. The van der Waals surface area contributed by atoms with E-state index in [0.717, 1.165) is 32.1 Å². The first-order chi connectivity index (χ1) is 26.3. The van der Waals surface area contributed by atoms with Crippen LogP contribution in [0.4, 0.5) is 4.79 Å². The van der Waals surface area contributed by atoms with E-state index in [0.29, 0.717) is 6.42 Å². The van der Waals surface area contributed by atoms with Crippen molar-refractivity contribution >= 4 is 47.1 Å². The summed E-state index contributed by atoms with van der Waals surface area (Å²) < 4.78 is 17.0. The topological polar surface area (TPSA) is 218 Å². The van der Waals surface area contributed by atoms with E-state index < -0.39 is 107 Å². The number of amides is 4. The van der Waals surface area contributed by atoms with Gasteiger partial charge in [-0.25, -0.2) is 4.79 Å². The van der Waals surface area contributed by atoms with Crippen molar-refractivity contribution in [2.45, 2.75) is 200 Å². The summed E-state index contributed by atoms with van der Waals surface area (Å²) in [5.74, 6) is -5.48. The van der Waals surface area contributed by atoms with E-state index in [-0.39, 0.29) is 51.0 Å². The number of ketones is 3. The second-order valence-corrected chi connectivity index (χ2v) is 18.6. The fourth-order valence-electron chi connectivity index (χ4n) is 7.42. The Morgan fingerprint density at radius 1 is 0.772 bits per heavy atom. The van der Waals surface area contributed by atoms with Crippen LogP contribution < -0.4 is 16.4 Å². The zero-order chi connectivity index (χ0) is 43.3. The van der Waals surface area contributed by atoms with Crippen molar-refractivity contribution in [3.8, 4) is 0 Å². The van der Waals surface area contributed by atoms with Gasteiger partial charge in [-0.2, -0.15) is 0 Å². The Morgan fingerprint density at radius 3 is 1.93 bits per heavy atom. The molecule has 1 aliphatic carbocycles. The molecule has 324 valence electrons. The summed E-state index contributed by atoms with van der Waals surface area (Å²) in [4.78, 5) is 107. The van der Waals surface area contributed by atoms with Gasteiger partial charge in [-0.1, -0.05) is 32.6 Å². The number of alkyl carbamates (subject to hydrolysis) is 1. The van der Waals surface area contributed by atoms with Crippen LogP contribution in [0.25, 0.3) is 0 Å². The highest BCUT2D eigenvalue weighted by atomic mass is 16.6. The van der Waals surface area contributed by atoms with Crippen molar-refractivity contribution < 1.29 is 52.6 Å². The van der Waals surface area contributed by atoms with Gasteiger partial charge in [-0.15, -0.1) is 0 Å². The molecule has 1 saturated carbocycles. The van der Waals surface area contributed by atoms with E-state index >= 15 is 0 Å². The fourth-order valence-corrected chi connectivity index (χ4v) is 7.42. The summed E-state index contributed by atoms with van der Waals surface area (Å²) in [6.07, 6.45) is 3.17. The molecule has 0 aromatic rings. The maximum Gasteiger partial charge on any atom is 0.408 e. The van der Waals surface area contributed by atoms with Gasteiger partial charge in [-0.05, 0) is 100 Å². The number of primary amides is 1. The van der Waals surface area contributed by atoms with Crippen LogP contribution in [-0.2, 0) is 47.8 Å². The van der Waals surface area contributed by atoms with Crippen LogP contribution in [0, 0.1) is 11.8 Å². The number of carbonyl (C=O) groups excluding carboxylic acids is 8. The van der Waals surface area contributed by atoms with Gasteiger partial charge in [0.25, 0.3) is 0 Å². The van der Waals surface area contributed by atoms with Crippen molar-refractivity contribution in [2.75, 3.05) is 6.54 Å². The van der Waals surface area contributed by atoms with Crippen LogP contribution in [0.5, 0.6) is 0 Å². The molecule has 1 heterocycles. The molecule has 1 unspecified atom stereocenters. The number of hydrogen-bond acceptors (Lipinski definition) is 11. The highest BCUT2D eigenvalue weighted by Gasteiger charge is 2.46. The molecular weight excluding hydrogens is 736 g/mol. The summed E-state index contributed by atoms with van der Waals surface area (Å²) >= 11 is 0. The summed E-state index contributed by atoms with van der Waals surface area (Å²) in [5, 5.41) is 5.30. The van der Waals surface area contributed by atoms with Crippen LogP contribution in [-0.4, -0.2) is 99.6 Å². The second-order valence-electron chi connectivity index (χ2n) is 18.6. The lowest BCUT2D eigenvalue weighted by Gasteiger charge is -2.35.